The van der Waals surface area contributed by atoms with Crippen molar-refractivity contribution in [1.29, 1.82) is 0 Å². The first-order valence-electron chi connectivity index (χ1n) is 14.1. The Balaban J connectivity index is 1.46. The number of aryl methyl sites for hydroxylation is 1. The minimum absolute atomic E-state index is 0.101. The van der Waals surface area contributed by atoms with E-state index < -0.39 is 42.1 Å². The molecule has 3 heterocycles. The highest BCUT2D eigenvalue weighted by Gasteiger charge is 2.21. The van der Waals surface area contributed by atoms with Gasteiger partial charge in [-0.15, -0.1) is 0 Å². The van der Waals surface area contributed by atoms with E-state index in [0.717, 1.165) is 38.7 Å². The maximum Gasteiger partial charge on any atom is 0.256 e. The number of nitrogens with one attached hydrogen (secondary N) is 3. The lowest BCUT2D eigenvalue weighted by atomic mass is 10.0. The van der Waals surface area contributed by atoms with Gasteiger partial charge in [0.15, 0.2) is 5.65 Å². The molecular formula is C33H28F2N6O4. The molecule has 0 atom stereocenters. The lowest BCUT2D eigenvalue weighted by Crippen LogP contribution is -2.29. The maximum atomic E-state index is 15.0. The highest BCUT2D eigenvalue weighted by molar-refractivity contribution is 5.96. The highest BCUT2D eigenvalue weighted by atomic mass is 19.1. The minimum atomic E-state index is -0.973. The van der Waals surface area contributed by atoms with Crippen molar-refractivity contribution in [1.82, 2.24) is 19.5 Å². The van der Waals surface area contributed by atoms with Crippen LogP contribution in [0.25, 0.3) is 38.9 Å². The molecule has 5 N–H and O–H groups in total. The Labute approximate surface area is 255 Å². The Morgan fingerprint density at radius 3 is 2.51 bits per heavy atom. The van der Waals surface area contributed by atoms with Crippen molar-refractivity contribution >= 4 is 39.5 Å². The first-order chi connectivity index (χ1) is 21.7. The first kappa shape index (κ1) is 29.6. The highest BCUT2D eigenvalue weighted by Crippen LogP contribution is 2.33. The summed E-state index contributed by atoms with van der Waals surface area (Å²) in [5.74, 6) is -2.29. The molecule has 3 aromatic carbocycles. The average molecular weight is 611 g/mol. The van der Waals surface area contributed by atoms with Gasteiger partial charge in [-0.25, -0.2) is 13.8 Å². The summed E-state index contributed by atoms with van der Waals surface area (Å²) in [7, 11) is 0. The number of carbonyl (C=O) groups is 1. The summed E-state index contributed by atoms with van der Waals surface area (Å²) in [6.07, 6.45) is 1.97. The number of hydrogen-bond donors (Lipinski definition) is 5. The fourth-order valence-electron chi connectivity index (χ4n) is 5.19. The van der Waals surface area contributed by atoms with Crippen molar-refractivity contribution in [2.45, 2.75) is 19.4 Å². The smallest absolute Gasteiger partial charge is 0.256 e. The number of anilines is 2. The number of H-pyrrole nitrogens is 1. The lowest BCUT2D eigenvalue weighted by molar-refractivity contribution is -0.115. The van der Waals surface area contributed by atoms with Gasteiger partial charge in [0.1, 0.15) is 17.3 Å². The van der Waals surface area contributed by atoms with Crippen LogP contribution in [0, 0.1) is 18.6 Å². The van der Waals surface area contributed by atoms with E-state index in [0.29, 0.717) is 16.6 Å². The number of carbonyl (C=O) groups excluding carboxylic acids is 1. The molecule has 0 fully saturated rings. The predicted octanol–water partition coefficient (Wildman–Crippen LogP) is 4.46. The molecule has 12 heteroatoms. The van der Waals surface area contributed by atoms with E-state index in [4.69, 9.17) is 0 Å². The SMILES string of the molecule is Cc1ccc(NC(=O)Cc2ccc3[nH]ccc3c2)cc1-c1nc(NC(CO)CO)nc2c1ccc(=O)n2-c1c(F)cccc1F. The molecule has 0 aliphatic heterocycles. The van der Waals surface area contributed by atoms with Gasteiger partial charge in [0.05, 0.1) is 31.4 Å². The number of para-hydroxylation sites is 1. The normalized spacial score (nSPS) is 11.4. The molecule has 6 aromatic rings. The van der Waals surface area contributed by atoms with E-state index >= 15 is 0 Å². The zero-order valence-corrected chi connectivity index (χ0v) is 24.0. The number of aliphatic hydroxyl groups excluding tert-OH is 2. The van der Waals surface area contributed by atoms with Gasteiger partial charge in [-0.05, 0) is 72.0 Å². The molecule has 0 aliphatic rings. The summed E-state index contributed by atoms with van der Waals surface area (Å²) >= 11 is 0. The van der Waals surface area contributed by atoms with E-state index in [-0.39, 0.29) is 29.6 Å². The topological polar surface area (TPSA) is 145 Å². The largest absolute Gasteiger partial charge is 0.394 e. The number of nitrogens with zero attached hydrogens (tertiary/aromatic N) is 3. The van der Waals surface area contributed by atoms with Gasteiger partial charge >= 0.3 is 0 Å². The van der Waals surface area contributed by atoms with Gasteiger partial charge in [-0.3, -0.25) is 14.2 Å². The fraction of sp³-hybridized carbons (Fsp3) is 0.152. The molecule has 228 valence electrons. The van der Waals surface area contributed by atoms with Gasteiger partial charge < -0.3 is 25.8 Å². The number of benzene rings is 3. The Morgan fingerprint density at radius 1 is 0.978 bits per heavy atom. The van der Waals surface area contributed by atoms with Crippen LogP contribution in [0.2, 0.25) is 0 Å². The third kappa shape index (κ3) is 5.88. The number of fused-ring (bicyclic) bond motifs is 2. The number of hydrogen-bond acceptors (Lipinski definition) is 7. The van der Waals surface area contributed by atoms with Gasteiger partial charge in [0, 0.05) is 34.4 Å². The summed E-state index contributed by atoms with van der Waals surface area (Å²) in [6, 6.07) is 17.9. The number of pyridine rings is 1. The number of rotatable bonds is 9. The Kier molecular flexibility index (Phi) is 8.07. The summed E-state index contributed by atoms with van der Waals surface area (Å²) in [4.78, 5) is 38.3. The summed E-state index contributed by atoms with van der Waals surface area (Å²) < 4.78 is 30.8. The lowest BCUT2D eigenvalue weighted by Gasteiger charge is -2.18. The molecule has 1 amide bonds. The van der Waals surface area contributed by atoms with Crippen LogP contribution in [0.3, 0.4) is 0 Å². The number of aromatic nitrogens is 4. The predicted molar refractivity (Wildman–Crippen MR) is 167 cm³/mol. The maximum absolute atomic E-state index is 15.0. The van der Waals surface area contributed by atoms with Crippen molar-refractivity contribution in [3.8, 4) is 16.9 Å². The molecule has 0 saturated heterocycles. The van der Waals surface area contributed by atoms with Crippen LogP contribution >= 0.6 is 0 Å². The number of aromatic amines is 1. The molecule has 10 nitrogen and oxygen atoms in total. The van der Waals surface area contributed by atoms with Crippen molar-refractivity contribution in [2.24, 2.45) is 0 Å². The van der Waals surface area contributed by atoms with Crippen LogP contribution in [-0.4, -0.2) is 54.9 Å². The Bertz CT molecular complexity index is 2100. The monoisotopic (exact) mass is 610 g/mol. The van der Waals surface area contributed by atoms with Crippen LogP contribution < -0.4 is 16.2 Å². The van der Waals surface area contributed by atoms with Crippen molar-refractivity contribution in [3.05, 3.63) is 112 Å². The van der Waals surface area contributed by atoms with Crippen LogP contribution in [-0.2, 0) is 11.2 Å². The van der Waals surface area contributed by atoms with Gasteiger partial charge in [0.2, 0.25) is 11.9 Å². The van der Waals surface area contributed by atoms with Crippen molar-refractivity contribution in [3.63, 3.8) is 0 Å². The molecule has 0 unspecified atom stereocenters. The molecule has 0 bridgehead atoms. The molecular weight excluding hydrogens is 582 g/mol. The Morgan fingerprint density at radius 2 is 1.76 bits per heavy atom. The van der Waals surface area contributed by atoms with Crippen molar-refractivity contribution in [2.75, 3.05) is 23.8 Å². The number of amides is 1. The summed E-state index contributed by atoms with van der Waals surface area (Å²) in [5, 5.41) is 26.4. The number of halogens is 2. The first-order valence-corrected chi connectivity index (χ1v) is 14.1. The standard InChI is InChI=1S/C33H28F2N6O4/c1-18-5-7-21(37-28(44)14-19-6-9-27-20(13-19)11-12-36-27)15-24(18)30-23-8-10-29(45)41(31-25(34)3-2-4-26(31)35)32(23)40-33(39-30)38-22(16-42)17-43/h2-13,15,22,36,42-43H,14,16-17H2,1H3,(H,37,44)(H,38,39,40). The van der Waals surface area contributed by atoms with E-state index in [9.17, 15) is 28.6 Å². The van der Waals surface area contributed by atoms with E-state index in [1.165, 1.54) is 18.2 Å². The third-order valence-electron chi connectivity index (χ3n) is 7.44. The second kappa shape index (κ2) is 12.3. The van der Waals surface area contributed by atoms with Gasteiger partial charge in [0.25, 0.3) is 5.56 Å². The summed E-state index contributed by atoms with van der Waals surface area (Å²) in [5.41, 5.74) is 2.40. The molecule has 6 rings (SSSR count). The Hall–Kier alpha value is -5.46. The van der Waals surface area contributed by atoms with Crippen LogP contribution in [0.5, 0.6) is 0 Å². The molecule has 0 saturated carbocycles. The van der Waals surface area contributed by atoms with Gasteiger partial charge in [-0.2, -0.15) is 4.98 Å². The third-order valence-corrected chi connectivity index (χ3v) is 7.44. The zero-order valence-electron chi connectivity index (χ0n) is 24.0. The minimum Gasteiger partial charge on any atom is -0.394 e. The second-order valence-electron chi connectivity index (χ2n) is 10.6. The average Bonchev–Trinajstić information content (AvgIpc) is 3.49. The quantitative estimate of drug-likeness (QED) is 0.163. The molecule has 0 aliphatic carbocycles. The van der Waals surface area contributed by atoms with E-state index in [1.54, 1.807) is 18.2 Å². The van der Waals surface area contributed by atoms with Gasteiger partial charge in [-0.1, -0.05) is 18.2 Å². The van der Waals surface area contributed by atoms with Crippen molar-refractivity contribution < 1.29 is 23.8 Å². The van der Waals surface area contributed by atoms with E-state index in [1.807, 2.05) is 37.4 Å². The zero-order chi connectivity index (χ0) is 31.7. The van der Waals surface area contributed by atoms with Crippen LogP contribution in [0.15, 0.2) is 83.8 Å². The molecule has 45 heavy (non-hydrogen) atoms. The van der Waals surface area contributed by atoms with E-state index in [2.05, 4.69) is 25.6 Å². The molecule has 0 radical (unpaired) electrons. The molecule has 3 aromatic heterocycles. The molecule has 0 spiro atoms. The van der Waals surface area contributed by atoms with Crippen LogP contribution in [0.4, 0.5) is 20.4 Å². The van der Waals surface area contributed by atoms with Crippen LogP contribution in [0.1, 0.15) is 11.1 Å². The fourth-order valence-corrected chi connectivity index (χ4v) is 5.19. The summed E-state index contributed by atoms with van der Waals surface area (Å²) in [6.45, 7) is 0.896. The number of aliphatic hydroxyl groups is 2. The second-order valence-corrected chi connectivity index (χ2v) is 10.6.